The van der Waals surface area contributed by atoms with E-state index >= 15 is 0 Å². The van der Waals surface area contributed by atoms with E-state index in [-0.39, 0.29) is 11.6 Å². The Labute approximate surface area is 151 Å². The van der Waals surface area contributed by atoms with Crippen molar-refractivity contribution in [1.29, 1.82) is 0 Å². The molecule has 0 saturated heterocycles. The third-order valence-corrected chi connectivity index (χ3v) is 4.05. The number of nitrogens with one attached hydrogen (secondary N) is 1. The van der Waals surface area contributed by atoms with Gasteiger partial charge in [-0.25, -0.2) is 0 Å². The fraction of sp³-hybridized carbons (Fsp3) is 0.118. The van der Waals surface area contributed by atoms with Gasteiger partial charge in [0.05, 0.1) is 10.6 Å². The zero-order chi connectivity index (χ0) is 17.8. The van der Waals surface area contributed by atoms with Gasteiger partial charge in [-0.1, -0.05) is 12.1 Å². The van der Waals surface area contributed by atoms with Gasteiger partial charge in [-0.2, -0.15) is 0 Å². The van der Waals surface area contributed by atoms with Crippen LogP contribution in [0.25, 0.3) is 6.08 Å². The predicted octanol–water partition coefficient (Wildman–Crippen LogP) is 3.78. The molecule has 7 nitrogen and oxygen atoms in total. The molecule has 25 heavy (non-hydrogen) atoms. The minimum Gasteiger partial charge on any atom is -0.486 e. The number of nitro groups is 1. The molecule has 0 radical (unpaired) electrons. The Hall–Kier alpha value is -2.87. The van der Waals surface area contributed by atoms with Crippen molar-refractivity contribution in [1.82, 2.24) is 0 Å². The molecule has 0 unspecified atom stereocenters. The molecule has 128 valence electrons. The smallest absolute Gasteiger partial charge is 0.270 e. The molecule has 0 atom stereocenters. The Kier molecular flexibility index (Phi) is 4.99. The molecule has 1 aliphatic heterocycles. The fourth-order valence-corrected chi connectivity index (χ4v) is 2.67. The van der Waals surface area contributed by atoms with E-state index in [1.165, 1.54) is 24.3 Å². The van der Waals surface area contributed by atoms with Crippen molar-refractivity contribution in [3.8, 4) is 11.5 Å². The molecule has 2 aromatic rings. The molecule has 0 aliphatic carbocycles. The van der Waals surface area contributed by atoms with Gasteiger partial charge in [-0.15, -0.1) is 0 Å². The van der Waals surface area contributed by atoms with Gasteiger partial charge in [0.1, 0.15) is 13.2 Å². The van der Waals surface area contributed by atoms with E-state index in [0.29, 0.717) is 40.4 Å². The first kappa shape index (κ1) is 17.0. The molecular formula is C17H13BrN2O5. The van der Waals surface area contributed by atoms with Crippen molar-refractivity contribution in [3.05, 3.63) is 62.6 Å². The standard InChI is InChI=1S/C17H13BrN2O5/c18-13-9-15-16(25-7-6-24-15)10-14(13)19-17(21)5-4-11-2-1-3-12(8-11)20(22)23/h1-5,8-10H,6-7H2,(H,19,21)/b5-4+. The third kappa shape index (κ3) is 4.16. The summed E-state index contributed by atoms with van der Waals surface area (Å²) in [4.78, 5) is 22.4. The number of rotatable bonds is 4. The number of hydrogen-bond acceptors (Lipinski definition) is 5. The van der Waals surface area contributed by atoms with E-state index in [4.69, 9.17) is 9.47 Å². The molecule has 0 aromatic heterocycles. The normalized spacial score (nSPS) is 12.8. The van der Waals surface area contributed by atoms with Crippen LogP contribution in [0.4, 0.5) is 11.4 Å². The lowest BCUT2D eigenvalue weighted by molar-refractivity contribution is -0.384. The highest BCUT2D eigenvalue weighted by molar-refractivity contribution is 9.10. The number of amides is 1. The number of halogens is 1. The molecule has 1 amide bonds. The first-order valence-corrected chi connectivity index (χ1v) is 8.15. The van der Waals surface area contributed by atoms with Crippen LogP contribution in [0.3, 0.4) is 0 Å². The van der Waals surface area contributed by atoms with Crippen LogP contribution in [0.1, 0.15) is 5.56 Å². The molecule has 0 saturated carbocycles. The van der Waals surface area contributed by atoms with Crippen molar-refractivity contribution < 1.29 is 19.2 Å². The van der Waals surface area contributed by atoms with E-state index < -0.39 is 4.92 Å². The van der Waals surface area contributed by atoms with Crippen LogP contribution < -0.4 is 14.8 Å². The maximum Gasteiger partial charge on any atom is 0.270 e. The number of fused-ring (bicyclic) bond motifs is 1. The molecule has 0 bridgehead atoms. The van der Waals surface area contributed by atoms with Gasteiger partial charge >= 0.3 is 0 Å². The molecule has 0 spiro atoms. The first-order valence-electron chi connectivity index (χ1n) is 7.35. The van der Waals surface area contributed by atoms with E-state index in [1.54, 1.807) is 24.3 Å². The number of nitro benzene ring substituents is 1. The van der Waals surface area contributed by atoms with Crippen molar-refractivity contribution in [2.75, 3.05) is 18.5 Å². The summed E-state index contributed by atoms with van der Waals surface area (Å²) in [6, 6.07) is 9.43. The van der Waals surface area contributed by atoms with Crippen molar-refractivity contribution >= 4 is 39.3 Å². The second-order valence-electron chi connectivity index (χ2n) is 5.15. The van der Waals surface area contributed by atoms with E-state index in [0.717, 1.165) is 0 Å². The van der Waals surface area contributed by atoms with Crippen LogP contribution in [-0.4, -0.2) is 24.0 Å². The monoisotopic (exact) mass is 404 g/mol. The van der Waals surface area contributed by atoms with Crippen LogP contribution in [0, 0.1) is 10.1 Å². The molecule has 1 heterocycles. The van der Waals surface area contributed by atoms with E-state index in [9.17, 15) is 14.9 Å². The van der Waals surface area contributed by atoms with Crippen LogP contribution in [0.5, 0.6) is 11.5 Å². The predicted molar refractivity (Wildman–Crippen MR) is 95.9 cm³/mol. The molecule has 3 rings (SSSR count). The Morgan fingerprint density at radius 2 is 1.92 bits per heavy atom. The second kappa shape index (κ2) is 7.35. The summed E-state index contributed by atoms with van der Waals surface area (Å²) in [7, 11) is 0. The van der Waals surface area contributed by atoms with Crippen LogP contribution >= 0.6 is 15.9 Å². The highest BCUT2D eigenvalue weighted by Gasteiger charge is 2.15. The lowest BCUT2D eigenvalue weighted by Crippen LogP contribution is -2.16. The highest BCUT2D eigenvalue weighted by atomic mass is 79.9. The highest BCUT2D eigenvalue weighted by Crippen LogP contribution is 2.38. The van der Waals surface area contributed by atoms with Crippen molar-refractivity contribution in [2.45, 2.75) is 0 Å². The average Bonchev–Trinajstić information content (AvgIpc) is 2.61. The number of benzene rings is 2. The SMILES string of the molecule is O=C(/C=C/c1cccc([N+](=O)[O-])c1)Nc1cc2c(cc1Br)OCCO2. The Balaban J connectivity index is 1.72. The topological polar surface area (TPSA) is 90.7 Å². The second-order valence-corrected chi connectivity index (χ2v) is 6.00. The summed E-state index contributed by atoms with van der Waals surface area (Å²) in [5.41, 5.74) is 1.07. The number of carbonyl (C=O) groups excluding carboxylic acids is 1. The zero-order valence-electron chi connectivity index (χ0n) is 12.9. The molecule has 8 heteroatoms. The molecule has 2 aromatic carbocycles. The summed E-state index contributed by atoms with van der Waals surface area (Å²) in [5, 5.41) is 13.5. The Morgan fingerprint density at radius 3 is 2.64 bits per heavy atom. The van der Waals surface area contributed by atoms with E-state index in [1.807, 2.05) is 0 Å². The fourth-order valence-electron chi connectivity index (χ4n) is 2.25. The molecular weight excluding hydrogens is 392 g/mol. The summed E-state index contributed by atoms with van der Waals surface area (Å²) in [6.07, 6.45) is 2.82. The first-order chi connectivity index (χ1) is 12.0. The van der Waals surface area contributed by atoms with Crippen LogP contribution in [0.15, 0.2) is 46.9 Å². The van der Waals surface area contributed by atoms with Gasteiger partial charge in [-0.05, 0) is 27.6 Å². The average molecular weight is 405 g/mol. The van der Waals surface area contributed by atoms with Gasteiger partial charge in [0.2, 0.25) is 5.91 Å². The van der Waals surface area contributed by atoms with Crippen LogP contribution in [0.2, 0.25) is 0 Å². The lowest BCUT2D eigenvalue weighted by Gasteiger charge is -2.19. The maximum atomic E-state index is 12.1. The Bertz CT molecular complexity index is 866. The maximum absolute atomic E-state index is 12.1. The molecule has 0 fully saturated rings. The number of nitrogens with zero attached hydrogens (tertiary/aromatic N) is 1. The van der Waals surface area contributed by atoms with Gasteiger partial charge in [0, 0.05) is 34.8 Å². The number of non-ortho nitro benzene ring substituents is 1. The van der Waals surface area contributed by atoms with Gasteiger partial charge in [0.25, 0.3) is 5.69 Å². The lowest BCUT2D eigenvalue weighted by atomic mass is 10.2. The molecule has 1 N–H and O–H groups in total. The number of anilines is 1. The number of ether oxygens (including phenoxy) is 2. The van der Waals surface area contributed by atoms with Crippen molar-refractivity contribution in [3.63, 3.8) is 0 Å². The van der Waals surface area contributed by atoms with Gasteiger partial charge in [-0.3, -0.25) is 14.9 Å². The summed E-state index contributed by atoms with van der Waals surface area (Å²) >= 11 is 3.38. The minimum atomic E-state index is -0.482. The number of carbonyl (C=O) groups is 1. The van der Waals surface area contributed by atoms with Crippen LogP contribution in [-0.2, 0) is 4.79 Å². The van der Waals surface area contributed by atoms with Gasteiger partial charge < -0.3 is 14.8 Å². The Morgan fingerprint density at radius 1 is 1.20 bits per heavy atom. The molecule has 1 aliphatic rings. The third-order valence-electron chi connectivity index (χ3n) is 3.40. The summed E-state index contributed by atoms with van der Waals surface area (Å²) < 4.78 is 11.6. The zero-order valence-corrected chi connectivity index (χ0v) is 14.5. The quantitative estimate of drug-likeness (QED) is 0.475. The van der Waals surface area contributed by atoms with E-state index in [2.05, 4.69) is 21.2 Å². The van der Waals surface area contributed by atoms with Crippen molar-refractivity contribution in [2.24, 2.45) is 0 Å². The largest absolute Gasteiger partial charge is 0.486 e. The summed E-state index contributed by atoms with van der Waals surface area (Å²) in [5.74, 6) is 0.805. The summed E-state index contributed by atoms with van der Waals surface area (Å²) in [6.45, 7) is 0.936. The number of hydrogen-bond donors (Lipinski definition) is 1. The van der Waals surface area contributed by atoms with Gasteiger partial charge in [0.15, 0.2) is 11.5 Å². The minimum absolute atomic E-state index is 0.0304.